The molecule has 138 valence electrons. The average Bonchev–Trinajstić information content (AvgIpc) is 3.09. The van der Waals surface area contributed by atoms with Crippen molar-refractivity contribution < 1.29 is 13.2 Å². The molecule has 2 unspecified atom stereocenters. The minimum absolute atomic E-state index is 0.0614. The summed E-state index contributed by atoms with van der Waals surface area (Å²) in [7, 11) is -3.51. The maximum absolute atomic E-state index is 12.8. The molecule has 0 heterocycles. The van der Waals surface area contributed by atoms with Crippen molar-refractivity contribution >= 4 is 15.7 Å². The molecule has 2 atom stereocenters. The summed E-state index contributed by atoms with van der Waals surface area (Å²) in [5, 5.41) is 3.05. The fourth-order valence-corrected chi connectivity index (χ4v) is 4.94. The summed E-state index contributed by atoms with van der Waals surface area (Å²) >= 11 is 0. The van der Waals surface area contributed by atoms with Gasteiger partial charge in [0.1, 0.15) is 0 Å². The highest BCUT2D eigenvalue weighted by atomic mass is 32.2. The van der Waals surface area contributed by atoms with Crippen molar-refractivity contribution in [3.05, 3.63) is 65.7 Å². The van der Waals surface area contributed by atoms with Gasteiger partial charge in [0, 0.05) is 11.6 Å². The largest absolute Gasteiger partial charge is 0.349 e. The topological polar surface area (TPSA) is 89.3 Å². The molecule has 1 aliphatic carbocycles. The van der Waals surface area contributed by atoms with Crippen molar-refractivity contribution in [1.29, 1.82) is 0 Å². The first-order chi connectivity index (χ1) is 12.5. The molecule has 1 fully saturated rings. The smallest absolute Gasteiger partial charge is 0.251 e. The van der Waals surface area contributed by atoms with Gasteiger partial charge in [-0.15, -0.1) is 0 Å². The van der Waals surface area contributed by atoms with E-state index in [9.17, 15) is 13.2 Å². The number of sulfone groups is 1. The molecule has 0 spiro atoms. The van der Waals surface area contributed by atoms with Crippen molar-refractivity contribution in [3.63, 3.8) is 0 Å². The van der Waals surface area contributed by atoms with E-state index in [2.05, 4.69) is 5.32 Å². The van der Waals surface area contributed by atoms with Crippen LogP contribution in [-0.4, -0.2) is 26.9 Å². The van der Waals surface area contributed by atoms with Crippen molar-refractivity contribution in [2.45, 2.75) is 36.0 Å². The molecule has 1 saturated carbocycles. The van der Waals surface area contributed by atoms with Gasteiger partial charge in [-0.3, -0.25) is 4.79 Å². The Hall–Kier alpha value is -2.18. The van der Waals surface area contributed by atoms with Crippen LogP contribution in [-0.2, 0) is 15.6 Å². The Kier molecular flexibility index (Phi) is 5.74. The zero-order chi connectivity index (χ0) is 18.6. The number of carbonyl (C=O) groups excluding carboxylic acids is 1. The highest BCUT2D eigenvalue weighted by Crippen LogP contribution is 2.25. The predicted octanol–water partition coefficient (Wildman–Crippen LogP) is 2.52. The first kappa shape index (κ1) is 18.6. The Labute approximate surface area is 154 Å². The minimum Gasteiger partial charge on any atom is -0.349 e. The number of rotatable bonds is 6. The lowest BCUT2D eigenvalue weighted by Gasteiger charge is -2.20. The van der Waals surface area contributed by atoms with E-state index in [1.165, 1.54) is 0 Å². The second-order valence-corrected chi connectivity index (χ2v) is 8.73. The zero-order valence-corrected chi connectivity index (χ0v) is 15.4. The maximum atomic E-state index is 12.8. The van der Waals surface area contributed by atoms with Crippen LogP contribution in [0.3, 0.4) is 0 Å². The molecular weight excluding hydrogens is 348 g/mol. The molecule has 1 amide bonds. The standard InChI is InChI=1S/C20H24N2O3S/c21-13-15-8-6-12-19(15)22-20(23)18-11-5-4-7-16(18)14-26(24,25)17-9-2-1-3-10-17/h1-5,7,9-11,15,19H,6,8,12-14,21H2,(H,22,23). The van der Waals surface area contributed by atoms with Crippen LogP contribution >= 0.6 is 0 Å². The van der Waals surface area contributed by atoms with Gasteiger partial charge in [0.25, 0.3) is 5.91 Å². The summed E-state index contributed by atoms with van der Waals surface area (Å²) in [6.45, 7) is 0.551. The van der Waals surface area contributed by atoms with Crippen LogP contribution in [0, 0.1) is 5.92 Å². The molecule has 5 nitrogen and oxygen atoms in total. The summed E-state index contributed by atoms with van der Waals surface area (Å²) in [4.78, 5) is 13.0. The lowest BCUT2D eigenvalue weighted by atomic mass is 10.0. The Morgan fingerprint density at radius 3 is 2.46 bits per heavy atom. The molecule has 2 aromatic carbocycles. The van der Waals surface area contributed by atoms with E-state index >= 15 is 0 Å². The van der Waals surface area contributed by atoms with E-state index in [1.807, 2.05) is 0 Å². The van der Waals surface area contributed by atoms with Crippen molar-refractivity contribution in [2.75, 3.05) is 6.54 Å². The molecule has 26 heavy (non-hydrogen) atoms. The van der Waals surface area contributed by atoms with Crippen LogP contribution in [0.4, 0.5) is 0 Å². The van der Waals surface area contributed by atoms with Gasteiger partial charge in [-0.1, -0.05) is 42.8 Å². The Balaban J connectivity index is 1.81. The summed E-state index contributed by atoms with van der Waals surface area (Å²) in [6.07, 6.45) is 2.99. The molecule has 3 rings (SSSR count). The van der Waals surface area contributed by atoms with Crippen LogP contribution in [0.2, 0.25) is 0 Å². The second-order valence-electron chi connectivity index (χ2n) is 6.74. The first-order valence-corrected chi connectivity index (χ1v) is 10.5. The van der Waals surface area contributed by atoms with E-state index in [-0.39, 0.29) is 22.6 Å². The molecule has 0 aromatic heterocycles. The van der Waals surface area contributed by atoms with Crippen LogP contribution in [0.15, 0.2) is 59.5 Å². The maximum Gasteiger partial charge on any atom is 0.251 e. The fourth-order valence-electron chi connectivity index (χ4n) is 3.54. The molecule has 0 radical (unpaired) electrons. The lowest BCUT2D eigenvalue weighted by molar-refractivity contribution is 0.0928. The van der Waals surface area contributed by atoms with Crippen LogP contribution in [0.5, 0.6) is 0 Å². The fraction of sp³-hybridized carbons (Fsp3) is 0.350. The molecule has 0 bridgehead atoms. The van der Waals surface area contributed by atoms with Crippen LogP contribution in [0.25, 0.3) is 0 Å². The summed E-state index contributed by atoms with van der Waals surface area (Å²) in [6, 6.07) is 15.2. The third kappa shape index (κ3) is 4.14. The van der Waals surface area contributed by atoms with Gasteiger partial charge in [-0.2, -0.15) is 0 Å². The Morgan fingerprint density at radius 2 is 1.73 bits per heavy atom. The van der Waals surface area contributed by atoms with E-state index in [0.717, 1.165) is 19.3 Å². The zero-order valence-electron chi connectivity index (χ0n) is 14.6. The van der Waals surface area contributed by atoms with Gasteiger partial charge >= 0.3 is 0 Å². The van der Waals surface area contributed by atoms with E-state index < -0.39 is 9.84 Å². The molecular formula is C20H24N2O3S. The normalized spacial score (nSPS) is 20.0. The summed E-state index contributed by atoms with van der Waals surface area (Å²) < 4.78 is 25.3. The highest BCUT2D eigenvalue weighted by Gasteiger charge is 2.28. The molecule has 6 heteroatoms. The van der Waals surface area contributed by atoms with E-state index in [0.29, 0.717) is 23.6 Å². The number of benzene rings is 2. The predicted molar refractivity (Wildman–Crippen MR) is 101 cm³/mol. The van der Waals surface area contributed by atoms with Gasteiger partial charge in [0.15, 0.2) is 9.84 Å². The quantitative estimate of drug-likeness (QED) is 0.815. The van der Waals surface area contributed by atoms with Gasteiger partial charge < -0.3 is 11.1 Å². The van der Waals surface area contributed by atoms with Crippen molar-refractivity contribution in [3.8, 4) is 0 Å². The number of nitrogens with one attached hydrogen (secondary N) is 1. The molecule has 2 aromatic rings. The summed E-state index contributed by atoms with van der Waals surface area (Å²) in [5.74, 6) is -0.139. The summed E-state index contributed by atoms with van der Waals surface area (Å²) in [5.41, 5.74) is 6.71. The SMILES string of the molecule is NCC1CCCC1NC(=O)c1ccccc1CS(=O)(=O)c1ccccc1. The molecule has 3 N–H and O–H groups in total. The molecule has 0 saturated heterocycles. The molecule has 0 aliphatic heterocycles. The van der Waals surface area contributed by atoms with Crippen molar-refractivity contribution in [2.24, 2.45) is 11.7 Å². The Morgan fingerprint density at radius 1 is 1.04 bits per heavy atom. The van der Waals surface area contributed by atoms with Gasteiger partial charge in [0.05, 0.1) is 10.6 Å². The second kappa shape index (κ2) is 8.01. The van der Waals surface area contributed by atoms with E-state index in [1.54, 1.807) is 54.6 Å². The van der Waals surface area contributed by atoms with Crippen molar-refractivity contribution in [1.82, 2.24) is 5.32 Å². The third-order valence-corrected chi connectivity index (χ3v) is 6.67. The van der Waals surface area contributed by atoms with Gasteiger partial charge in [-0.05, 0) is 49.1 Å². The number of nitrogens with two attached hydrogens (primary N) is 1. The lowest BCUT2D eigenvalue weighted by Crippen LogP contribution is -2.40. The van der Waals surface area contributed by atoms with Crippen LogP contribution in [0.1, 0.15) is 35.2 Å². The van der Waals surface area contributed by atoms with E-state index in [4.69, 9.17) is 5.73 Å². The van der Waals surface area contributed by atoms with Crippen LogP contribution < -0.4 is 11.1 Å². The number of amides is 1. The highest BCUT2D eigenvalue weighted by molar-refractivity contribution is 7.90. The monoisotopic (exact) mass is 372 g/mol. The average molecular weight is 372 g/mol. The third-order valence-electron chi connectivity index (χ3n) is 4.99. The first-order valence-electron chi connectivity index (χ1n) is 8.88. The number of hydrogen-bond acceptors (Lipinski definition) is 4. The minimum atomic E-state index is -3.51. The number of carbonyl (C=O) groups is 1. The Bertz CT molecular complexity index is 866. The molecule has 1 aliphatic rings. The van der Waals surface area contributed by atoms with Gasteiger partial charge in [-0.25, -0.2) is 8.42 Å². The van der Waals surface area contributed by atoms with Gasteiger partial charge in [0.2, 0.25) is 0 Å². The number of hydrogen-bond donors (Lipinski definition) is 2.